The molecule has 0 heterocycles. The fraction of sp³-hybridized carbons (Fsp3) is 0.188. The molecule has 6 nitrogen and oxygen atoms in total. The lowest BCUT2D eigenvalue weighted by atomic mass is 10.2. The number of nitrogen functional groups attached to an aromatic ring is 1. The van der Waals surface area contributed by atoms with E-state index in [0.29, 0.717) is 28.6 Å². The number of para-hydroxylation sites is 2. The van der Waals surface area contributed by atoms with Crippen LogP contribution < -0.4 is 25.3 Å². The number of ether oxygens (including phenoxy) is 3. The van der Waals surface area contributed by atoms with Crippen LogP contribution in [0.4, 0.5) is 11.4 Å². The number of carbonyl (C=O) groups is 1. The van der Waals surface area contributed by atoms with Crippen LogP contribution in [0.5, 0.6) is 17.2 Å². The fourth-order valence-corrected chi connectivity index (χ4v) is 1.88. The predicted octanol–water partition coefficient (Wildman–Crippen LogP) is 2.30. The van der Waals surface area contributed by atoms with Gasteiger partial charge in [0.1, 0.15) is 5.75 Å². The summed E-state index contributed by atoms with van der Waals surface area (Å²) in [5.74, 6) is 1.25. The van der Waals surface area contributed by atoms with Crippen LogP contribution in [-0.2, 0) is 4.79 Å². The first-order valence-corrected chi connectivity index (χ1v) is 6.63. The Labute approximate surface area is 128 Å². The van der Waals surface area contributed by atoms with E-state index in [-0.39, 0.29) is 12.5 Å². The maximum absolute atomic E-state index is 12.0. The summed E-state index contributed by atoms with van der Waals surface area (Å²) in [5.41, 5.74) is 6.76. The molecule has 0 saturated carbocycles. The van der Waals surface area contributed by atoms with E-state index in [1.54, 1.807) is 43.5 Å². The van der Waals surface area contributed by atoms with Gasteiger partial charge in [0.15, 0.2) is 18.1 Å². The van der Waals surface area contributed by atoms with Crippen molar-refractivity contribution in [3.63, 3.8) is 0 Å². The van der Waals surface area contributed by atoms with Crippen molar-refractivity contribution in [3.8, 4) is 17.2 Å². The lowest BCUT2D eigenvalue weighted by molar-refractivity contribution is -0.118. The number of nitrogens with one attached hydrogen (secondary N) is 1. The van der Waals surface area contributed by atoms with E-state index in [2.05, 4.69) is 5.32 Å². The number of hydrogen-bond donors (Lipinski definition) is 2. The quantitative estimate of drug-likeness (QED) is 0.800. The minimum Gasteiger partial charge on any atom is -0.494 e. The van der Waals surface area contributed by atoms with E-state index in [0.717, 1.165) is 0 Å². The summed E-state index contributed by atoms with van der Waals surface area (Å²) >= 11 is 0. The highest BCUT2D eigenvalue weighted by Crippen LogP contribution is 2.27. The highest BCUT2D eigenvalue weighted by Gasteiger charge is 2.10. The van der Waals surface area contributed by atoms with Gasteiger partial charge >= 0.3 is 0 Å². The van der Waals surface area contributed by atoms with Crippen molar-refractivity contribution >= 4 is 17.3 Å². The average molecular weight is 302 g/mol. The monoisotopic (exact) mass is 302 g/mol. The fourth-order valence-electron chi connectivity index (χ4n) is 1.88. The molecule has 0 aliphatic carbocycles. The molecule has 0 fully saturated rings. The molecule has 0 radical (unpaired) electrons. The Kier molecular flexibility index (Phi) is 5.08. The van der Waals surface area contributed by atoms with Gasteiger partial charge in [-0.15, -0.1) is 0 Å². The number of methoxy groups -OCH3 is 2. The standard InChI is InChI=1S/C16H18N2O4/c1-20-13-5-3-4-6-14(13)22-10-16(19)18-12-8-7-11(17)9-15(12)21-2/h3-9H,10,17H2,1-2H3,(H,18,19). The van der Waals surface area contributed by atoms with Gasteiger partial charge in [-0.3, -0.25) is 4.79 Å². The number of benzene rings is 2. The lowest BCUT2D eigenvalue weighted by Gasteiger charge is -2.12. The third-order valence-electron chi connectivity index (χ3n) is 2.93. The highest BCUT2D eigenvalue weighted by molar-refractivity contribution is 5.93. The summed E-state index contributed by atoms with van der Waals surface area (Å²) < 4.78 is 15.8. The number of nitrogens with two attached hydrogens (primary N) is 1. The van der Waals surface area contributed by atoms with Crippen LogP contribution in [0.15, 0.2) is 42.5 Å². The Bertz CT molecular complexity index is 658. The number of carbonyl (C=O) groups excluding carboxylic acids is 1. The molecule has 0 spiro atoms. The van der Waals surface area contributed by atoms with E-state index in [4.69, 9.17) is 19.9 Å². The Morgan fingerprint density at radius 2 is 1.73 bits per heavy atom. The van der Waals surface area contributed by atoms with Gasteiger partial charge in [0.25, 0.3) is 5.91 Å². The van der Waals surface area contributed by atoms with Crippen molar-refractivity contribution in [2.24, 2.45) is 0 Å². The molecule has 0 bridgehead atoms. The summed E-state index contributed by atoms with van der Waals surface area (Å²) in [6.45, 7) is -0.145. The van der Waals surface area contributed by atoms with Gasteiger partial charge in [-0.1, -0.05) is 12.1 Å². The molecule has 1 amide bonds. The van der Waals surface area contributed by atoms with Crippen molar-refractivity contribution in [1.82, 2.24) is 0 Å². The molecule has 0 unspecified atom stereocenters. The van der Waals surface area contributed by atoms with Crippen LogP contribution in [0.1, 0.15) is 0 Å². The van der Waals surface area contributed by atoms with Crippen LogP contribution in [0.2, 0.25) is 0 Å². The van der Waals surface area contributed by atoms with E-state index in [9.17, 15) is 4.79 Å². The third kappa shape index (κ3) is 3.82. The summed E-state index contributed by atoms with van der Waals surface area (Å²) in [5, 5.41) is 2.71. The molecule has 0 saturated heterocycles. The number of rotatable bonds is 6. The van der Waals surface area contributed by atoms with Gasteiger partial charge in [0, 0.05) is 11.8 Å². The molecule has 0 aliphatic rings. The Balaban J connectivity index is 1.99. The second kappa shape index (κ2) is 7.21. The molecule has 0 atom stereocenters. The Hall–Kier alpha value is -2.89. The topological polar surface area (TPSA) is 82.8 Å². The normalized spacial score (nSPS) is 9.91. The second-order valence-electron chi connectivity index (χ2n) is 4.45. The van der Waals surface area contributed by atoms with Gasteiger partial charge in [-0.05, 0) is 24.3 Å². The lowest BCUT2D eigenvalue weighted by Crippen LogP contribution is -2.20. The molecule has 0 aromatic heterocycles. The Morgan fingerprint density at radius 3 is 2.41 bits per heavy atom. The van der Waals surface area contributed by atoms with Gasteiger partial charge in [0.05, 0.1) is 19.9 Å². The molecule has 6 heteroatoms. The van der Waals surface area contributed by atoms with Crippen LogP contribution in [0.25, 0.3) is 0 Å². The molecular formula is C16H18N2O4. The first kappa shape index (κ1) is 15.5. The van der Waals surface area contributed by atoms with Gasteiger partial charge in [0.2, 0.25) is 0 Å². The van der Waals surface area contributed by atoms with E-state index in [1.807, 2.05) is 6.07 Å². The second-order valence-corrected chi connectivity index (χ2v) is 4.45. The molecule has 2 aromatic carbocycles. The molecule has 3 N–H and O–H groups in total. The van der Waals surface area contributed by atoms with Crippen molar-refractivity contribution < 1.29 is 19.0 Å². The van der Waals surface area contributed by atoms with Gasteiger partial charge in [-0.25, -0.2) is 0 Å². The summed E-state index contributed by atoms with van der Waals surface area (Å²) in [7, 11) is 3.05. The molecule has 22 heavy (non-hydrogen) atoms. The number of hydrogen-bond acceptors (Lipinski definition) is 5. The first-order valence-electron chi connectivity index (χ1n) is 6.63. The Morgan fingerprint density at radius 1 is 1.05 bits per heavy atom. The van der Waals surface area contributed by atoms with Crippen molar-refractivity contribution in [2.45, 2.75) is 0 Å². The van der Waals surface area contributed by atoms with E-state index in [1.165, 1.54) is 7.11 Å². The molecule has 0 aliphatic heterocycles. The van der Waals surface area contributed by atoms with Gasteiger partial charge in [-0.2, -0.15) is 0 Å². The van der Waals surface area contributed by atoms with Crippen molar-refractivity contribution in [1.29, 1.82) is 0 Å². The van der Waals surface area contributed by atoms with Crippen LogP contribution in [-0.4, -0.2) is 26.7 Å². The van der Waals surface area contributed by atoms with Crippen molar-refractivity contribution in [2.75, 3.05) is 31.9 Å². The maximum atomic E-state index is 12.0. The highest BCUT2D eigenvalue weighted by atomic mass is 16.5. The minimum atomic E-state index is -0.311. The van der Waals surface area contributed by atoms with E-state index < -0.39 is 0 Å². The smallest absolute Gasteiger partial charge is 0.262 e. The molecule has 116 valence electrons. The molecule has 2 rings (SSSR count). The third-order valence-corrected chi connectivity index (χ3v) is 2.93. The summed E-state index contributed by atoms with van der Waals surface area (Å²) in [4.78, 5) is 12.0. The van der Waals surface area contributed by atoms with E-state index >= 15 is 0 Å². The zero-order valence-electron chi connectivity index (χ0n) is 12.5. The van der Waals surface area contributed by atoms with Crippen LogP contribution >= 0.6 is 0 Å². The van der Waals surface area contributed by atoms with Crippen LogP contribution in [0.3, 0.4) is 0 Å². The zero-order valence-corrected chi connectivity index (χ0v) is 12.5. The SMILES string of the molecule is COc1cc(N)ccc1NC(=O)COc1ccccc1OC. The first-order chi connectivity index (χ1) is 10.6. The summed E-state index contributed by atoms with van der Waals surface area (Å²) in [6, 6.07) is 12.1. The molecule has 2 aromatic rings. The number of amides is 1. The number of anilines is 2. The zero-order chi connectivity index (χ0) is 15.9. The van der Waals surface area contributed by atoms with Crippen molar-refractivity contribution in [3.05, 3.63) is 42.5 Å². The largest absolute Gasteiger partial charge is 0.494 e. The minimum absolute atomic E-state index is 0.145. The molecular weight excluding hydrogens is 284 g/mol. The summed E-state index contributed by atoms with van der Waals surface area (Å²) in [6.07, 6.45) is 0. The van der Waals surface area contributed by atoms with Crippen LogP contribution in [0, 0.1) is 0 Å². The average Bonchev–Trinajstić information content (AvgIpc) is 2.54. The van der Waals surface area contributed by atoms with Gasteiger partial charge < -0.3 is 25.3 Å². The predicted molar refractivity (Wildman–Crippen MR) is 84.5 cm³/mol. The maximum Gasteiger partial charge on any atom is 0.262 e.